The van der Waals surface area contributed by atoms with Crippen molar-refractivity contribution in [2.75, 3.05) is 0 Å². The molecule has 1 fully saturated rings. The van der Waals surface area contributed by atoms with Gasteiger partial charge in [-0.05, 0) is 49.9 Å². The first kappa shape index (κ1) is 21.7. The normalized spacial score (nSPS) is 21.6. The van der Waals surface area contributed by atoms with Crippen molar-refractivity contribution in [1.29, 1.82) is 0 Å². The van der Waals surface area contributed by atoms with Gasteiger partial charge in [-0.1, -0.05) is 62.1 Å². The molecule has 1 N–H and O–H groups in total. The molecule has 172 valence electrons. The molecule has 5 rings (SSSR count). The fourth-order valence-electron chi connectivity index (χ4n) is 5.30. The molecule has 0 saturated heterocycles. The fraction of sp³-hybridized carbons (Fsp3) is 0.444. The number of amides is 2. The third-order valence-corrected chi connectivity index (χ3v) is 7.42. The summed E-state index contributed by atoms with van der Waals surface area (Å²) in [5.41, 5.74) is 2.82. The minimum Gasteiger partial charge on any atom is -0.351 e. The Balaban J connectivity index is 1.55. The fourth-order valence-corrected chi connectivity index (χ4v) is 5.30. The number of hydrogen-bond acceptors (Lipinski definition) is 3. The minimum absolute atomic E-state index is 0.0697. The van der Waals surface area contributed by atoms with E-state index in [1.54, 1.807) is 4.90 Å². The van der Waals surface area contributed by atoms with Crippen molar-refractivity contribution in [3.63, 3.8) is 0 Å². The van der Waals surface area contributed by atoms with E-state index in [9.17, 15) is 9.59 Å². The van der Waals surface area contributed by atoms with E-state index < -0.39 is 5.54 Å². The van der Waals surface area contributed by atoms with Crippen molar-refractivity contribution in [2.24, 2.45) is 0 Å². The third kappa shape index (κ3) is 3.92. The number of fused-ring (bicyclic) bond motifs is 3. The van der Waals surface area contributed by atoms with Crippen LogP contribution >= 0.6 is 0 Å². The van der Waals surface area contributed by atoms with E-state index in [1.807, 2.05) is 66.9 Å². The standard InChI is InChI=1S/C27H32N4O2/c1-19-11-7-8-12-20(19)17-31-25(32)24-29-22-15-9-10-16-23(22)30(24)18-27(31,2)26(33)28-21-13-5-3-4-6-14-21/h7-12,15-16,21H,3-6,13-14,17-18H2,1-2H3,(H,28,33)/t27-/m0/s1. The molecule has 1 aromatic heterocycles. The zero-order valence-corrected chi connectivity index (χ0v) is 19.5. The zero-order chi connectivity index (χ0) is 23.0. The molecule has 33 heavy (non-hydrogen) atoms. The molecule has 1 aliphatic carbocycles. The first-order valence-electron chi connectivity index (χ1n) is 12.1. The van der Waals surface area contributed by atoms with E-state index in [1.165, 1.54) is 12.8 Å². The van der Waals surface area contributed by atoms with E-state index in [2.05, 4.69) is 10.3 Å². The average molecular weight is 445 g/mol. The molecule has 1 aliphatic heterocycles. The summed E-state index contributed by atoms with van der Waals surface area (Å²) in [6.07, 6.45) is 6.76. The third-order valence-electron chi connectivity index (χ3n) is 7.42. The molecule has 2 amide bonds. The number of benzene rings is 2. The molecule has 1 atom stereocenters. The highest BCUT2D eigenvalue weighted by atomic mass is 16.2. The second-order valence-electron chi connectivity index (χ2n) is 9.76. The zero-order valence-electron chi connectivity index (χ0n) is 19.5. The van der Waals surface area contributed by atoms with Crippen LogP contribution in [0.15, 0.2) is 48.5 Å². The Morgan fingerprint density at radius 2 is 1.76 bits per heavy atom. The first-order valence-corrected chi connectivity index (χ1v) is 12.1. The molecule has 2 aliphatic rings. The second-order valence-corrected chi connectivity index (χ2v) is 9.76. The maximum absolute atomic E-state index is 13.9. The van der Waals surface area contributed by atoms with Gasteiger partial charge in [-0.3, -0.25) is 9.59 Å². The van der Waals surface area contributed by atoms with E-state index in [4.69, 9.17) is 0 Å². The number of nitrogens with one attached hydrogen (secondary N) is 1. The number of para-hydroxylation sites is 2. The van der Waals surface area contributed by atoms with Gasteiger partial charge < -0.3 is 14.8 Å². The van der Waals surface area contributed by atoms with Crippen LogP contribution in [0.2, 0.25) is 0 Å². The van der Waals surface area contributed by atoms with Crippen molar-refractivity contribution in [2.45, 2.75) is 77.0 Å². The van der Waals surface area contributed by atoms with Crippen molar-refractivity contribution >= 4 is 22.8 Å². The summed E-state index contributed by atoms with van der Waals surface area (Å²) in [5, 5.41) is 3.32. The highest BCUT2D eigenvalue weighted by molar-refractivity contribution is 6.01. The van der Waals surface area contributed by atoms with E-state index in [0.717, 1.165) is 47.8 Å². The minimum atomic E-state index is -1.01. The largest absolute Gasteiger partial charge is 0.351 e. The SMILES string of the molecule is Cc1ccccc1CN1C(=O)c2nc3ccccc3n2C[C@@]1(C)C(=O)NC1CCCCCC1. The lowest BCUT2D eigenvalue weighted by atomic mass is 9.93. The molecule has 6 nitrogen and oxygen atoms in total. The maximum atomic E-state index is 13.9. The highest BCUT2D eigenvalue weighted by Gasteiger charge is 2.48. The van der Waals surface area contributed by atoms with Crippen LogP contribution in [0.1, 0.15) is 67.2 Å². The summed E-state index contributed by atoms with van der Waals surface area (Å²) < 4.78 is 1.93. The van der Waals surface area contributed by atoms with Crippen molar-refractivity contribution < 1.29 is 9.59 Å². The first-order chi connectivity index (χ1) is 16.0. The number of imidazole rings is 1. The molecular weight excluding hydrogens is 412 g/mol. The lowest BCUT2D eigenvalue weighted by Crippen LogP contribution is -2.64. The van der Waals surface area contributed by atoms with Crippen LogP contribution in [0, 0.1) is 6.92 Å². The van der Waals surface area contributed by atoms with Gasteiger partial charge in [0.05, 0.1) is 17.6 Å². The highest BCUT2D eigenvalue weighted by Crippen LogP contribution is 2.33. The summed E-state index contributed by atoms with van der Waals surface area (Å²) >= 11 is 0. The van der Waals surface area contributed by atoms with Gasteiger partial charge in [0.2, 0.25) is 5.91 Å². The van der Waals surface area contributed by atoms with Gasteiger partial charge in [-0.2, -0.15) is 0 Å². The van der Waals surface area contributed by atoms with Gasteiger partial charge in [0.25, 0.3) is 5.91 Å². The summed E-state index contributed by atoms with van der Waals surface area (Å²) in [7, 11) is 0. The van der Waals surface area contributed by atoms with E-state index >= 15 is 0 Å². The predicted octanol–water partition coefficient (Wildman–Crippen LogP) is 4.60. The molecule has 2 aromatic carbocycles. The van der Waals surface area contributed by atoms with Gasteiger partial charge in [-0.25, -0.2) is 4.98 Å². The molecule has 3 aromatic rings. The Morgan fingerprint density at radius 1 is 1.06 bits per heavy atom. The number of carbonyl (C=O) groups is 2. The lowest BCUT2D eigenvalue weighted by molar-refractivity contribution is -0.134. The molecule has 0 radical (unpaired) electrons. The van der Waals surface area contributed by atoms with Crippen LogP contribution in [0.3, 0.4) is 0 Å². The van der Waals surface area contributed by atoms with Crippen LogP contribution in [0.5, 0.6) is 0 Å². The Labute approximate surface area is 195 Å². The van der Waals surface area contributed by atoms with Gasteiger partial charge >= 0.3 is 0 Å². The second kappa shape index (κ2) is 8.65. The topological polar surface area (TPSA) is 67.2 Å². The number of nitrogens with zero attached hydrogens (tertiary/aromatic N) is 3. The average Bonchev–Trinajstić information content (AvgIpc) is 2.98. The van der Waals surface area contributed by atoms with Crippen LogP contribution < -0.4 is 5.32 Å². The Bertz CT molecular complexity index is 1190. The smallest absolute Gasteiger partial charge is 0.291 e. The summed E-state index contributed by atoms with van der Waals surface area (Å²) in [5.74, 6) is 0.142. The number of hydrogen-bond donors (Lipinski definition) is 1. The predicted molar refractivity (Wildman–Crippen MR) is 129 cm³/mol. The van der Waals surface area contributed by atoms with Gasteiger partial charge in [-0.15, -0.1) is 0 Å². The van der Waals surface area contributed by atoms with Crippen LogP contribution in [-0.4, -0.2) is 37.8 Å². The Hall–Kier alpha value is -3.15. The summed E-state index contributed by atoms with van der Waals surface area (Å²) in [6.45, 7) is 4.72. The molecule has 6 heteroatoms. The van der Waals surface area contributed by atoms with Gasteiger partial charge in [0, 0.05) is 12.6 Å². The maximum Gasteiger partial charge on any atom is 0.291 e. The summed E-state index contributed by atoms with van der Waals surface area (Å²) in [4.78, 5) is 34.1. The lowest BCUT2D eigenvalue weighted by Gasteiger charge is -2.44. The molecule has 0 spiro atoms. The van der Waals surface area contributed by atoms with Crippen molar-refractivity contribution in [1.82, 2.24) is 19.8 Å². The quantitative estimate of drug-likeness (QED) is 0.598. The number of carbonyl (C=O) groups excluding carboxylic acids is 2. The van der Waals surface area contributed by atoms with E-state index in [0.29, 0.717) is 18.9 Å². The summed E-state index contributed by atoms with van der Waals surface area (Å²) in [6, 6.07) is 16.0. The molecule has 0 unspecified atom stereocenters. The van der Waals surface area contributed by atoms with Gasteiger partial charge in [0.15, 0.2) is 5.82 Å². The van der Waals surface area contributed by atoms with E-state index in [-0.39, 0.29) is 17.9 Å². The van der Waals surface area contributed by atoms with Crippen LogP contribution in [0.4, 0.5) is 0 Å². The van der Waals surface area contributed by atoms with Gasteiger partial charge in [0.1, 0.15) is 5.54 Å². The molecule has 1 saturated carbocycles. The van der Waals surface area contributed by atoms with Crippen molar-refractivity contribution in [3.05, 3.63) is 65.5 Å². The molecular formula is C27H32N4O2. The Morgan fingerprint density at radius 3 is 2.52 bits per heavy atom. The molecule has 2 heterocycles. The van der Waals surface area contributed by atoms with Crippen molar-refractivity contribution in [3.8, 4) is 0 Å². The Kier molecular flexibility index (Phi) is 5.69. The number of rotatable bonds is 4. The number of aryl methyl sites for hydroxylation is 1. The molecule has 0 bridgehead atoms. The van der Waals surface area contributed by atoms with Crippen LogP contribution in [-0.2, 0) is 17.9 Å². The number of aromatic nitrogens is 2. The van der Waals surface area contributed by atoms with Crippen LogP contribution in [0.25, 0.3) is 11.0 Å². The monoisotopic (exact) mass is 444 g/mol.